The Balaban J connectivity index is 0.00000256. The molecule has 0 spiro atoms. The van der Waals surface area contributed by atoms with Crippen LogP contribution in [0.15, 0.2) is 4.99 Å². The normalized spacial score (nSPS) is 20.6. The minimum atomic E-state index is -0.623. The van der Waals surface area contributed by atoms with Crippen LogP contribution in [0, 0.1) is 0 Å². The van der Waals surface area contributed by atoms with Crippen LogP contribution in [0.25, 0.3) is 0 Å². The number of hydrogen-bond donors (Lipinski definition) is 3. The van der Waals surface area contributed by atoms with Crippen LogP contribution in [0.1, 0.15) is 52.9 Å². The zero-order valence-electron chi connectivity index (χ0n) is 11.1. The number of nitrogens with zero attached hydrogens (tertiary/aromatic N) is 1. The molecule has 0 atom stereocenters. The molecule has 4 N–H and O–H groups in total. The Morgan fingerprint density at radius 1 is 1.29 bits per heavy atom. The van der Waals surface area contributed by atoms with Crippen LogP contribution >= 0.6 is 24.0 Å². The third kappa shape index (κ3) is 7.08. The minimum Gasteiger partial charge on any atom is -0.388 e. The third-order valence-corrected chi connectivity index (χ3v) is 2.83. The fourth-order valence-electron chi connectivity index (χ4n) is 2.02. The van der Waals surface area contributed by atoms with Crippen molar-refractivity contribution in [1.82, 2.24) is 5.32 Å². The Morgan fingerprint density at radius 2 is 1.82 bits per heavy atom. The van der Waals surface area contributed by atoms with Gasteiger partial charge in [0.2, 0.25) is 0 Å². The topological polar surface area (TPSA) is 70.6 Å². The Hall–Kier alpha value is -0.0400. The summed E-state index contributed by atoms with van der Waals surface area (Å²) in [6.07, 6.45) is 5.11. The summed E-state index contributed by atoms with van der Waals surface area (Å²) in [5.41, 5.74) is 5.06. The molecule has 1 saturated carbocycles. The first-order chi connectivity index (χ1) is 7.31. The number of nitrogens with two attached hydrogens (primary N) is 1. The molecule has 1 aliphatic carbocycles. The average molecular weight is 355 g/mol. The van der Waals surface area contributed by atoms with E-state index in [0.717, 1.165) is 25.7 Å². The molecule has 0 aromatic heterocycles. The zero-order chi connectivity index (χ0) is 12.2. The van der Waals surface area contributed by atoms with Crippen molar-refractivity contribution in [2.45, 2.75) is 64.0 Å². The SMILES string of the molecule is CC(C)(C)NC(N)=NCC1(O)CCCCC1.I. The maximum Gasteiger partial charge on any atom is 0.189 e. The summed E-state index contributed by atoms with van der Waals surface area (Å²) in [4.78, 5) is 4.24. The highest BCUT2D eigenvalue weighted by Crippen LogP contribution is 2.28. The van der Waals surface area contributed by atoms with Crippen LogP contribution < -0.4 is 11.1 Å². The van der Waals surface area contributed by atoms with E-state index in [4.69, 9.17) is 5.73 Å². The van der Waals surface area contributed by atoms with Crippen molar-refractivity contribution in [3.63, 3.8) is 0 Å². The lowest BCUT2D eigenvalue weighted by Crippen LogP contribution is -2.46. The van der Waals surface area contributed by atoms with E-state index in [2.05, 4.69) is 10.3 Å². The molecule has 0 saturated heterocycles. The highest BCUT2D eigenvalue weighted by atomic mass is 127. The van der Waals surface area contributed by atoms with Gasteiger partial charge < -0.3 is 16.2 Å². The first-order valence-electron chi connectivity index (χ1n) is 6.11. The number of guanidine groups is 1. The molecule has 5 heteroatoms. The van der Waals surface area contributed by atoms with E-state index in [-0.39, 0.29) is 29.5 Å². The highest BCUT2D eigenvalue weighted by Gasteiger charge is 2.28. The second kappa shape index (κ2) is 6.78. The van der Waals surface area contributed by atoms with E-state index in [1.807, 2.05) is 20.8 Å². The molecule has 0 heterocycles. The minimum absolute atomic E-state index is 0. The van der Waals surface area contributed by atoms with Gasteiger partial charge in [-0.3, -0.25) is 4.99 Å². The van der Waals surface area contributed by atoms with E-state index in [0.29, 0.717) is 12.5 Å². The van der Waals surface area contributed by atoms with Gasteiger partial charge in [-0.25, -0.2) is 0 Å². The monoisotopic (exact) mass is 355 g/mol. The van der Waals surface area contributed by atoms with E-state index in [9.17, 15) is 5.11 Å². The van der Waals surface area contributed by atoms with E-state index >= 15 is 0 Å². The Kier molecular flexibility index (Phi) is 6.76. The van der Waals surface area contributed by atoms with Crippen LogP contribution in [0.2, 0.25) is 0 Å². The fraction of sp³-hybridized carbons (Fsp3) is 0.917. The number of nitrogens with one attached hydrogen (secondary N) is 1. The Bertz CT molecular complexity index is 255. The van der Waals surface area contributed by atoms with Gasteiger partial charge in [0.1, 0.15) is 0 Å². The maximum absolute atomic E-state index is 10.2. The predicted molar refractivity (Wildman–Crippen MR) is 82.8 cm³/mol. The largest absolute Gasteiger partial charge is 0.388 e. The molecular weight excluding hydrogens is 329 g/mol. The van der Waals surface area contributed by atoms with Gasteiger partial charge >= 0.3 is 0 Å². The summed E-state index contributed by atoms with van der Waals surface area (Å²) in [7, 11) is 0. The average Bonchev–Trinajstić information content (AvgIpc) is 2.14. The summed E-state index contributed by atoms with van der Waals surface area (Å²) in [5.74, 6) is 0.423. The van der Waals surface area contributed by atoms with Gasteiger partial charge in [-0.1, -0.05) is 19.3 Å². The summed E-state index contributed by atoms with van der Waals surface area (Å²) in [6, 6.07) is 0. The van der Waals surface area contributed by atoms with Crippen LogP contribution in [0.3, 0.4) is 0 Å². The van der Waals surface area contributed by atoms with Crippen molar-refractivity contribution in [1.29, 1.82) is 0 Å². The van der Waals surface area contributed by atoms with Gasteiger partial charge in [-0.15, -0.1) is 24.0 Å². The molecular formula is C12H26IN3O. The van der Waals surface area contributed by atoms with Crippen molar-refractivity contribution < 1.29 is 5.11 Å². The number of hydrogen-bond acceptors (Lipinski definition) is 2. The lowest BCUT2D eigenvalue weighted by molar-refractivity contribution is 0.0131. The first kappa shape index (κ1) is 17.0. The van der Waals surface area contributed by atoms with Gasteiger partial charge in [-0.05, 0) is 33.6 Å². The van der Waals surface area contributed by atoms with Gasteiger partial charge in [0.05, 0.1) is 12.1 Å². The van der Waals surface area contributed by atoms with Crippen molar-refractivity contribution in [2.75, 3.05) is 6.54 Å². The Labute approximate surface area is 121 Å². The lowest BCUT2D eigenvalue weighted by atomic mass is 9.85. The van der Waals surface area contributed by atoms with Crippen LogP contribution in [-0.2, 0) is 0 Å². The number of aliphatic hydroxyl groups is 1. The molecule has 17 heavy (non-hydrogen) atoms. The van der Waals surface area contributed by atoms with Crippen molar-refractivity contribution >= 4 is 29.9 Å². The molecule has 0 radical (unpaired) electrons. The smallest absolute Gasteiger partial charge is 0.189 e. The second-order valence-electron chi connectivity index (χ2n) is 5.86. The molecule has 0 aromatic carbocycles. The van der Waals surface area contributed by atoms with E-state index in [1.165, 1.54) is 6.42 Å². The molecule has 0 aromatic rings. The van der Waals surface area contributed by atoms with Crippen molar-refractivity contribution in [3.8, 4) is 0 Å². The maximum atomic E-state index is 10.2. The summed E-state index contributed by atoms with van der Waals surface area (Å²) in [5, 5.41) is 13.3. The number of rotatable bonds is 2. The summed E-state index contributed by atoms with van der Waals surface area (Å²) in [6.45, 7) is 6.52. The Morgan fingerprint density at radius 3 is 2.29 bits per heavy atom. The van der Waals surface area contributed by atoms with Crippen molar-refractivity contribution in [2.24, 2.45) is 10.7 Å². The number of halogens is 1. The lowest BCUT2D eigenvalue weighted by Gasteiger charge is -2.30. The molecule has 0 bridgehead atoms. The molecule has 0 unspecified atom stereocenters. The molecule has 1 fully saturated rings. The van der Waals surface area contributed by atoms with Crippen molar-refractivity contribution in [3.05, 3.63) is 0 Å². The highest BCUT2D eigenvalue weighted by molar-refractivity contribution is 14.0. The predicted octanol–water partition coefficient (Wildman–Crippen LogP) is 2.00. The van der Waals surface area contributed by atoms with Crippen LogP contribution in [0.5, 0.6) is 0 Å². The zero-order valence-corrected chi connectivity index (χ0v) is 13.5. The molecule has 0 amide bonds. The molecule has 102 valence electrons. The van der Waals surface area contributed by atoms with Crippen LogP contribution in [0.4, 0.5) is 0 Å². The van der Waals surface area contributed by atoms with E-state index < -0.39 is 5.60 Å². The van der Waals surface area contributed by atoms with Gasteiger partial charge in [0, 0.05) is 5.54 Å². The standard InChI is InChI=1S/C12H25N3O.HI/c1-11(2,3)15-10(13)14-9-12(16)7-5-4-6-8-12;/h16H,4-9H2,1-3H3,(H3,13,14,15);1H. The first-order valence-corrected chi connectivity index (χ1v) is 6.11. The summed E-state index contributed by atoms with van der Waals surface area (Å²) >= 11 is 0. The van der Waals surface area contributed by atoms with E-state index in [1.54, 1.807) is 0 Å². The second-order valence-corrected chi connectivity index (χ2v) is 5.86. The molecule has 4 nitrogen and oxygen atoms in total. The van der Waals surface area contributed by atoms with Gasteiger partial charge in [-0.2, -0.15) is 0 Å². The molecule has 0 aliphatic heterocycles. The quantitative estimate of drug-likeness (QED) is 0.403. The summed E-state index contributed by atoms with van der Waals surface area (Å²) < 4.78 is 0. The third-order valence-electron chi connectivity index (χ3n) is 2.83. The number of aliphatic imine (C=N–C) groups is 1. The van der Waals surface area contributed by atoms with Gasteiger partial charge in [0.15, 0.2) is 5.96 Å². The molecule has 1 rings (SSSR count). The fourth-order valence-corrected chi connectivity index (χ4v) is 2.02. The van der Waals surface area contributed by atoms with Gasteiger partial charge in [0.25, 0.3) is 0 Å². The molecule has 1 aliphatic rings. The van der Waals surface area contributed by atoms with Crippen LogP contribution in [-0.4, -0.2) is 28.8 Å².